The molecule has 5 nitrogen and oxygen atoms in total. The average molecular weight is 398 g/mol. The molecule has 2 heterocycles. The van der Waals surface area contributed by atoms with Crippen LogP contribution in [0.1, 0.15) is 48.9 Å². The van der Waals surface area contributed by atoms with Crippen LogP contribution in [-0.2, 0) is 16.1 Å². The first kappa shape index (κ1) is 20.3. The minimum Gasteiger partial charge on any atom is -0.350 e. The van der Waals surface area contributed by atoms with E-state index in [2.05, 4.69) is 5.32 Å². The predicted octanol–water partition coefficient (Wildman–Crippen LogP) is 3.83. The zero-order chi connectivity index (χ0) is 19.9. The monoisotopic (exact) mass is 397 g/mol. The van der Waals surface area contributed by atoms with Gasteiger partial charge < -0.3 is 10.2 Å². The van der Waals surface area contributed by atoms with Crippen LogP contribution in [0.5, 0.6) is 0 Å². The number of nitrogens with one attached hydrogen (secondary N) is 1. The maximum Gasteiger partial charge on any atom is 0.246 e. The summed E-state index contributed by atoms with van der Waals surface area (Å²) in [6.07, 6.45) is 5.54. The number of nitrogens with zero attached hydrogens (tertiary/aromatic N) is 2. The van der Waals surface area contributed by atoms with Crippen molar-refractivity contribution in [3.8, 4) is 0 Å². The van der Waals surface area contributed by atoms with Crippen molar-refractivity contribution < 1.29 is 9.59 Å². The lowest BCUT2D eigenvalue weighted by Gasteiger charge is -2.31. The summed E-state index contributed by atoms with van der Waals surface area (Å²) in [5, 5.41) is 5.97. The number of thiazole rings is 1. The van der Waals surface area contributed by atoms with Crippen molar-refractivity contribution >= 4 is 29.2 Å². The van der Waals surface area contributed by atoms with Gasteiger partial charge in [0.25, 0.3) is 0 Å². The molecule has 1 N–H and O–H groups in total. The van der Waals surface area contributed by atoms with Gasteiger partial charge in [-0.1, -0.05) is 44.2 Å². The number of carbonyl (C=O) groups is 2. The number of hydrogen-bond acceptors (Lipinski definition) is 4. The molecule has 1 aromatic heterocycles. The van der Waals surface area contributed by atoms with Gasteiger partial charge in [0, 0.05) is 36.4 Å². The molecular weight excluding hydrogens is 370 g/mol. The van der Waals surface area contributed by atoms with E-state index in [-0.39, 0.29) is 23.7 Å². The van der Waals surface area contributed by atoms with Gasteiger partial charge in [-0.3, -0.25) is 9.59 Å². The number of piperidine rings is 1. The van der Waals surface area contributed by atoms with Gasteiger partial charge in [-0.25, -0.2) is 4.98 Å². The third kappa shape index (κ3) is 5.52. The summed E-state index contributed by atoms with van der Waals surface area (Å²) in [7, 11) is 0. The lowest BCUT2D eigenvalue weighted by atomic mass is 9.98. The third-order valence-electron chi connectivity index (χ3n) is 4.84. The minimum absolute atomic E-state index is 0.0278. The number of amides is 2. The molecule has 28 heavy (non-hydrogen) atoms. The first-order chi connectivity index (χ1) is 13.5. The number of benzene rings is 1. The lowest BCUT2D eigenvalue weighted by Crippen LogP contribution is -2.38. The Kier molecular flexibility index (Phi) is 6.98. The summed E-state index contributed by atoms with van der Waals surface area (Å²) in [6, 6.07) is 9.86. The van der Waals surface area contributed by atoms with Crippen molar-refractivity contribution in [2.75, 3.05) is 13.1 Å². The van der Waals surface area contributed by atoms with Crippen LogP contribution in [0.3, 0.4) is 0 Å². The van der Waals surface area contributed by atoms with Crippen molar-refractivity contribution in [3.05, 3.63) is 58.1 Å². The van der Waals surface area contributed by atoms with E-state index in [4.69, 9.17) is 4.98 Å². The number of hydrogen-bond donors (Lipinski definition) is 1. The van der Waals surface area contributed by atoms with E-state index < -0.39 is 0 Å². The van der Waals surface area contributed by atoms with Crippen LogP contribution in [0.25, 0.3) is 6.08 Å². The van der Waals surface area contributed by atoms with Crippen LogP contribution < -0.4 is 5.32 Å². The molecule has 0 radical (unpaired) electrons. The van der Waals surface area contributed by atoms with Gasteiger partial charge in [-0.15, -0.1) is 11.3 Å². The second-order valence-corrected chi connectivity index (χ2v) is 8.31. The topological polar surface area (TPSA) is 62.3 Å². The van der Waals surface area contributed by atoms with Gasteiger partial charge in [0.1, 0.15) is 0 Å². The quantitative estimate of drug-likeness (QED) is 0.754. The van der Waals surface area contributed by atoms with E-state index in [0.29, 0.717) is 13.1 Å². The minimum atomic E-state index is -0.0278. The molecule has 148 valence electrons. The Hall–Kier alpha value is -2.47. The number of aromatic nitrogens is 1. The molecule has 1 atom stereocenters. The van der Waals surface area contributed by atoms with E-state index >= 15 is 0 Å². The van der Waals surface area contributed by atoms with Crippen LogP contribution >= 0.6 is 11.3 Å². The molecule has 3 rings (SSSR count). The lowest BCUT2D eigenvalue weighted by molar-refractivity contribution is -0.127. The number of rotatable bonds is 6. The van der Waals surface area contributed by atoms with Gasteiger partial charge in [-0.05, 0) is 24.5 Å². The second kappa shape index (κ2) is 9.64. The molecule has 2 aromatic rings. The molecule has 1 aliphatic heterocycles. The van der Waals surface area contributed by atoms with E-state index in [9.17, 15) is 9.59 Å². The number of carbonyl (C=O) groups excluding carboxylic acids is 2. The van der Waals surface area contributed by atoms with Crippen molar-refractivity contribution in [1.82, 2.24) is 15.2 Å². The Labute approximate surface area is 170 Å². The van der Waals surface area contributed by atoms with Gasteiger partial charge in [0.05, 0.1) is 17.2 Å². The fourth-order valence-electron chi connectivity index (χ4n) is 3.19. The Balaban J connectivity index is 1.56. The summed E-state index contributed by atoms with van der Waals surface area (Å²) in [4.78, 5) is 30.9. The van der Waals surface area contributed by atoms with E-state index in [1.165, 1.54) is 0 Å². The van der Waals surface area contributed by atoms with Crippen LogP contribution in [0, 0.1) is 5.92 Å². The molecule has 0 aliphatic carbocycles. The molecular formula is C22H27N3O2S. The molecule has 1 saturated heterocycles. The summed E-state index contributed by atoms with van der Waals surface area (Å²) < 4.78 is 0. The van der Waals surface area contributed by atoms with Gasteiger partial charge in [0.2, 0.25) is 11.8 Å². The van der Waals surface area contributed by atoms with Crippen molar-refractivity contribution in [3.63, 3.8) is 0 Å². The summed E-state index contributed by atoms with van der Waals surface area (Å²) >= 11 is 1.62. The summed E-state index contributed by atoms with van der Waals surface area (Å²) in [6.45, 7) is 5.70. The molecule has 2 amide bonds. The molecule has 6 heteroatoms. The van der Waals surface area contributed by atoms with Crippen LogP contribution in [0.15, 0.2) is 41.8 Å². The van der Waals surface area contributed by atoms with Crippen molar-refractivity contribution in [2.24, 2.45) is 5.92 Å². The van der Waals surface area contributed by atoms with Crippen LogP contribution in [0.2, 0.25) is 0 Å². The molecule has 1 fully saturated rings. The highest BCUT2D eigenvalue weighted by atomic mass is 32.1. The second-order valence-electron chi connectivity index (χ2n) is 7.42. The van der Waals surface area contributed by atoms with E-state index in [1.807, 2.05) is 60.5 Å². The average Bonchev–Trinajstić information content (AvgIpc) is 3.20. The Morgan fingerprint density at radius 3 is 2.86 bits per heavy atom. The van der Waals surface area contributed by atoms with Gasteiger partial charge in [-0.2, -0.15) is 0 Å². The Morgan fingerprint density at radius 2 is 2.11 bits per heavy atom. The Morgan fingerprint density at radius 1 is 1.32 bits per heavy atom. The van der Waals surface area contributed by atoms with Crippen molar-refractivity contribution in [1.29, 1.82) is 0 Å². The molecule has 1 aromatic carbocycles. The first-order valence-corrected chi connectivity index (χ1v) is 10.6. The highest BCUT2D eigenvalue weighted by Crippen LogP contribution is 2.29. The zero-order valence-electron chi connectivity index (χ0n) is 16.4. The van der Waals surface area contributed by atoms with Crippen LogP contribution in [-0.4, -0.2) is 34.8 Å². The highest BCUT2D eigenvalue weighted by molar-refractivity contribution is 7.09. The molecule has 0 spiro atoms. The summed E-state index contributed by atoms with van der Waals surface area (Å²) in [5.41, 5.74) is 1.92. The largest absolute Gasteiger partial charge is 0.350 e. The molecule has 0 unspecified atom stereocenters. The highest BCUT2D eigenvalue weighted by Gasteiger charge is 2.25. The standard InChI is InChI=1S/C22H27N3O2S/c1-16(2)21(27)23-13-19-15-28-22(24-19)18-9-6-12-25(14-18)20(26)11-10-17-7-4-3-5-8-17/h3-5,7-8,10-11,15-16,18H,6,9,12-14H2,1-2H3,(H,23,27)/b11-10+/t18-/m1/s1. The number of likely N-dealkylation sites (tertiary alicyclic amines) is 1. The zero-order valence-corrected chi connectivity index (χ0v) is 17.2. The van der Waals surface area contributed by atoms with Crippen molar-refractivity contribution in [2.45, 2.75) is 39.2 Å². The maximum atomic E-state index is 12.6. The molecule has 1 aliphatic rings. The van der Waals surface area contributed by atoms with Gasteiger partial charge >= 0.3 is 0 Å². The fourth-order valence-corrected chi connectivity index (χ4v) is 4.14. The molecule has 0 bridgehead atoms. The first-order valence-electron chi connectivity index (χ1n) is 9.77. The predicted molar refractivity (Wildman–Crippen MR) is 113 cm³/mol. The van der Waals surface area contributed by atoms with E-state index in [1.54, 1.807) is 17.4 Å². The SMILES string of the molecule is CC(C)C(=O)NCc1csc([C@@H]2CCCN(C(=O)/C=C/c3ccccc3)C2)n1. The van der Waals surface area contributed by atoms with Crippen LogP contribution in [0.4, 0.5) is 0 Å². The normalized spacial score (nSPS) is 17.2. The third-order valence-corrected chi connectivity index (χ3v) is 5.89. The van der Waals surface area contributed by atoms with E-state index in [0.717, 1.165) is 35.7 Å². The maximum absolute atomic E-state index is 12.6. The molecule has 0 saturated carbocycles. The summed E-state index contributed by atoms with van der Waals surface area (Å²) in [5.74, 6) is 0.325. The smallest absolute Gasteiger partial charge is 0.246 e. The Bertz CT molecular complexity index is 829. The van der Waals surface area contributed by atoms with Gasteiger partial charge in [0.15, 0.2) is 0 Å². The fraction of sp³-hybridized carbons (Fsp3) is 0.409.